The Kier molecular flexibility index (Phi) is 12.3. The van der Waals surface area contributed by atoms with Gasteiger partial charge < -0.3 is 9.57 Å². The summed E-state index contributed by atoms with van der Waals surface area (Å²) in [7, 11) is 7.51. The van der Waals surface area contributed by atoms with Crippen LogP contribution in [0.4, 0.5) is 4.79 Å². The van der Waals surface area contributed by atoms with Gasteiger partial charge in [0.25, 0.3) is 0 Å². The first-order valence-electron chi connectivity index (χ1n) is 10.0. The third-order valence-corrected chi connectivity index (χ3v) is 15.4. The highest BCUT2D eigenvalue weighted by molar-refractivity contribution is 8.70. The lowest BCUT2D eigenvalue weighted by Gasteiger charge is -2.41. The SMILES string of the molecule is CCCCC(C)SP(=S)(N(C)SN(Cc1ccccc1)C(=O)N(C)C)N(C)C(C)=S. The second kappa shape index (κ2) is 13.3. The summed E-state index contributed by atoms with van der Waals surface area (Å²) < 4.78 is 5.90. The highest BCUT2D eigenvalue weighted by Crippen LogP contribution is 2.67. The van der Waals surface area contributed by atoms with E-state index in [0.29, 0.717) is 11.8 Å². The van der Waals surface area contributed by atoms with Gasteiger partial charge in [0.15, 0.2) is 5.54 Å². The molecule has 1 rings (SSSR count). The van der Waals surface area contributed by atoms with Gasteiger partial charge in [0, 0.05) is 33.4 Å². The van der Waals surface area contributed by atoms with Crippen LogP contribution in [0.25, 0.3) is 0 Å². The Labute approximate surface area is 202 Å². The molecule has 0 bridgehead atoms. The van der Waals surface area contributed by atoms with Crippen molar-refractivity contribution in [1.82, 2.24) is 18.0 Å². The molecule has 0 N–H and O–H groups in total. The number of unbranched alkanes of at least 4 members (excludes halogenated alkanes) is 1. The lowest BCUT2D eigenvalue weighted by Crippen LogP contribution is -2.37. The molecule has 0 fully saturated rings. The smallest absolute Gasteiger partial charge is 0.330 e. The number of nitrogens with zero attached hydrogens (tertiary/aromatic N) is 4. The van der Waals surface area contributed by atoms with Crippen LogP contribution in [-0.2, 0) is 18.4 Å². The van der Waals surface area contributed by atoms with E-state index >= 15 is 0 Å². The molecule has 2 amide bonds. The molecule has 0 radical (unpaired) electrons. The quantitative estimate of drug-likeness (QED) is 0.193. The van der Waals surface area contributed by atoms with E-state index in [-0.39, 0.29) is 6.03 Å². The first-order valence-corrected chi connectivity index (χ1v) is 15.3. The maximum absolute atomic E-state index is 12.9. The number of rotatable bonds is 11. The molecule has 0 saturated heterocycles. The number of thiocarbonyl (C=S) groups is 1. The summed E-state index contributed by atoms with van der Waals surface area (Å²) in [5.74, 6) is 0. The lowest BCUT2D eigenvalue weighted by atomic mass is 10.2. The van der Waals surface area contributed by atoms with Crippen LogP contribution in [0.1, 0.15) is 45.6 Å². The van der Waals surface area contributed by atoms with Crippen LogP contribution in [0.15, 0.2) is 30.3 Å². The fourth-order valence-corrected chi connectivity index (χ4v) is 12.2. The third-order valence-electron chi connectivity index (χ3n) is 4.45. The third kappa shape index (κ3) is 8.32. The predicted molar refractivity (Wildman–Crippen MR) is 143 cm³/mol. The Morgan fingerprint density at radius 1 is 1.17 bits per heavy atom. The molecule has 0 spiro atoms. The molecule has 2 atom stereocenters. The van der Waals surface area contributed by atoms with Gasteiger partial charge in [-0.3, -0.25) is 0 Å². The molecular weight excluding hydrogens is 471 g/mol. The van der Waals surface area contributed by atoms with Crippen molar-refractivity contribution in [3.8, 4) is 0 Å². The van der Waals surface area contributed by atoms with E-state index in [2.05, 4.69) is 22.6 Å². The van der Waals surface area contributed by atoms with Gasteiger partial charge in [-0.15, -0.1) is 0 Å². The molecule has 0 aliphatic heterocycles. The van der Waals surface area contributed by atoms with Crippen LogP contribution in [-0.4, -0.2) is 62.4 Å². The Bertz CT molecular complexity index is 735. The number of amides is 2. The molecule has 0 saturated carbocycles. The number of carbonyl (C=O) groups is 1. The van der Waals surface area contributed by atoms with Gasteiger partial charge >= 0.3 is 6.03 Å². The molecule has 30 heavy (non-hydrogen) atoms. The molecule has 0 aliphatic rings. The van der Waals surface area contributed by atoms with E-state index in [0.717, 1.165) is 17.0 Å². The number of carbonyl (C=O) groups excluding carboxylic acids is 1. The zero-order chi connectivity index (χ0) is 22.9. The maximum atomic E-state index is 12.9. The fraction of sp³-hybridized carbons (Fsp3) is 0.600. The maximum Gasteiger partial charge on any atom is 0.330 e. The lowest BCUT2D eigenvalue weighted by molar-refractivity contribution is 0.198. The highest BCUT2D eigenvalue weighted by Gasteiger charge is 2.34. The summed E-state index contributed by atoms with van der Waals surface area (Å²) in [5, 5.41) is 0.419. The number of hydrogen-bond donors (Lipinski definition) is 0. The van der Waals surface area contributed by atoms with Crippen molar-refractivity contribution < 1.29 is 4.79 Å². The monoisotopic (exact) mass is 506 g/mol. The van der Waals surface area contributed by atoms with E-state index in [9.17, 15) is 4.79 Å². The molecule has 1 aromatic rings. The van der Waals surface area contributed by atoms with E-state index in [1.54, 1.807) is 23.3 Å². The first kappa shape index (κ1) is 27.7. The Morgan fingerprint density at radius 3 is 2.27 bits per heavy atom. The van der Waals surface area contributed by atoms with Crippen molar-refractivity contribution in [3.05, 3.63) is 35.9 Å². The molecule has 0 aromatic heterocycles. The summed E-state index contributed by atoms with van der Waals surface area (Å²) in [6.45, 7) is 6.85. The second-order valence-electron chi connectivity index (χ2n) is 7.34. The summed E-state index contributed by atoms with van der Waals surface area (Å²) in [6, 6.07) is 9.94. The van der Waals surface area contributed by atoms with Crippen LogP contribution in [0.3, 0.4) is 0 Å². The average molecular weight is 507 g/mol. The normalized spacial score (nSPS) is 14.1. The fourth-order valence-electron chi connectivity index (χ4n) is 2.58. The van der Waals surface area contributed by atoms with Gasteiger partial charge in [0.05, 0.1) is 23.7 Å². The van der Waals surface area contributed by atoms with Crippen molar-refractivity contribution >= 4 is 64.1 Å². The molecule has 0 aliphatic carbocycles. The van der Waals surface area contributed by atoms with E-state index in [1.165, 1.54) is 25.0 Å². The molecular formula is C20H35N4OPS4. The minimum absolute atomic E-state index is 0.0667. The summed E-state index contributed by atoms with van der Waals surface area (Å²) >= 11 is 14.9. The van der Waals surface area contributed by atoms with Gasteiger partial charge in [0.1, 0.15) is 0 Å². The average Bonchev–Trinajstić information content (AvgIpc) is 2.70. The van der Waals surface area contributed by atoms with Gasteiger partial charge in [0.2, 0.25) is 0 Å². The molecule has 5 nitrogen and oxygen atoms in total. The molecule has 1 aromatic carbocycles. The second-order valence-corrected chi connectivity index (χ2v) is 16.9. The van der Waals surface area contributed by atoms with E-state index in [4.69, 9.17) is 24.0 Å². The molecule has 2 unspecified atom stereocenters. The van der Waals surface area contributed by atoms with Gasteiger partial charge in [-0.1, -0.05) is 80.6 Å². The number of hydrogen-bond acceptors (Lipinski definition) is 5. The van der Waals surface area contributed by atoms with Crippen LogP contribution in [0.2, 0.25) is 0 Å². The van der Waals surface area contributed by atoms with Gasteiger partial charge in [-0.2, -0.15) is 4.08 Å². The minimum atomic E-state index is -2.26. The number of benzene rings is 1. The molecule has 10 heteroatoms. The topological polar surface area (TPSA) is 30.0 Å². The standard InChI is InChI=1S/C20H35N4OPS4/c1-8-9-13-17(2)29-26(28,22(6)18(3)27)23(7)30-24(20(25)21(4)5)16-19-14-11-10-12-15-19/h10-12,14-15,17H,8-9,13,16H2,1-7H3. The number of urea groups is 1. The molecule has 170 valence electrons. The summed E-state index contributed by atoms with van der Waals surface area (Å²) in [6.07, 6.45) is 3.47. The zero-order valence-electron chi connectivity index (χ0n) is 19.1. The largest absolute Gasteiger partial charge is 0.330 e. The zero-order valence-corrected chi connectivity index (χ0v) is 23.2. The van der Waals surface area contributed by atoms with Crippen LogP contribution >= 0.6 is 41.3 Å². The van der Waals surface area contributed by atoms with Crippen molar-refractivity contribution in [1.29, 1.82) is 0 Å². The Morgan fingerprint density at radius 2 is 1.77 bits per heavy atom. The Hall–Kier alpha value is -0.310. The van der Waals surface area contributed by atoms with E-state index < -0.39 is 5.54 Å². The predicted octanol–water partition coefficient (Wildman–Crippen LogP) is 6.48. The molecule has 0 heterocycles. The van der Waals surface area contributed by atoms with Crippen LogP contribution < -0.4 is 0 Å². The first-order chi connectivity index (χ1) is 14.0. The van der Waals surface area contributed by atoms with Crippen molar-refractivity contribution in [3.63, 3.8) is 0 Å². The van der Waals surface area contributed by atoms with E-state index in [1.807, 2.05) is 62.7 Å². The highest BCUT2D eigenvalue weighted by atomic mass is 32.9. The van der Waals surface area contributed by atoms with Crippen molar-refractivity contribution in [2.75, 3.05) is 28.2 Å². The van der Waals surface area contributed by atoms with Gasteiger partial charge in [-0.05, 0) is 30.7 Å². The minimum Gasteiger partial charge on any atom is -0.330 e. The van der Waals surface area contributed by atoms with Gasteiger partial charge in [-0.25, -0.2) is 9.10 Å². The summed E-state index contributed by atoms with van der Waals surface area (Å²) in [5.41, 5.74) is -1.18. The Balaban J connectivity index is 3.13. The van der Waals surface area contributed by atoms with Crippen molar-refractivity contribution in [2.45, 2.75) is 51.8 Å². The van der Waals surface area contributed by atoms with Crippen LogP contribution in [0, 0.1) is 0 Å². The van der Waals surface area contributed by atoms with Crippen molar-refractivity contribution in [2.24, 2.45) is 0 Å². The van der Waals surface area contributed by atoms with Crippen LogP contribution in [0.5, 0.6) is 0 Å². The summed E-state index contributed by atoms with van der Waals surface area (Å²) in [4.78, 5) is 15.3.